The maximum Gasteiger partial charge on any atom is 0.200 e. The zero-order valence-corrected chi connectivity index (χ0v) is 8.35. The molecule has 1 aliphatic heterocycles. The van der Waals surface area contributed by atoms with Crippen LogP contribution in [0.25, 0.3) is 5.57 Å². The summed E-state index contributed by atoms with van der Waals surface area (Å²) in [4.78, 5) is 0.440. The van der Waals surface area contributed by atoms with Crippen molar-refractivity contribution < 1.29 is 8.42 Å². The van der Waals surface area contributed by atoms with Crippen LogP contribution in [-0.4, -0.2) is 8.42 Å². The number of hydrogen-bond donors (Lipinski definition) is 0. The van der Waals surface area contributed by atoms with Gasteiger partial charge in [0.1, 0.15) is 0 Å². The molecule has 3 heteroatoms. The quantitative estimate of drug-likeness (QED) is 0.634. The second-order valence-corrected chi connectivity index (χ2v) is 5.11. The smallest absolute Gasteiger partial charge is 0.200 e. The monoisotopic (exact) mass is 194 g/mol. The van der Waals surface area contributed by atoms with Crippen LogP contribution >= 0.6 is 0 Å². The Morgan fingerprint density at radius 1 is 1.15 bits per heavy atom. The first-order valence-electron chi connectivity index (χ1n) is 4.05. The number of rotatable bonds is 0. The van der Waals surface area contributed by atoms with Crippen molar-refractivity contribution in [3.05, 3.63) is 34.7 Å². The molecule has 0 amide bonds. The van der Waals surface area contributed by atoms with Gasteiger partial charge in [-0.15, -0.1) is 0 Å². The molecule has 1 aromatic rings. The highest BCUT2D eigenvalue weighted by Crippen LogP contribution is 2.33. The van der Waals surface area contributed by atoms with Crippen LogP contribution in [0.2, 0.25) is 0 Å². The van der Waals surface area contributed by atoms with Gasteiger partial charge in [0.15, 0.2) is 0 Å². The van der Waals surface area contributed by atoms with Gasteiger partial charge in [0.2, 0.25) is 9.84 Å². The van der Waals surface area contributed by atoms with Gasteiger partial charge < -0.3 is 0 Å². The molecule has 0 fully saturated rings. The fraction of sp³-hybridized carbons (Fsp3) is 0.200. The maximum absolute atomic E-state index is 11.5. The van der Waals surface area contributed by atoms with Crippen molar-refractivity contribution in [2.75, 3.05) is 0 Å². The van der Waals surface area contributed by atoms with Gasteiger partial charge in [0.25, 0.3) is 0 Å². The van der Waals surface area contributed by atoms with Gasteiger partial charge >= 0.3 is 0 Å². The molecule has 2 nitrogen and oxygen atoms in total. The van der Waals surface area contributed by atoms with Crippen LogP contribution in [-0.2, 0) is 9.84 Å². The first-order chi connectivity index (χ1) is 6.00. The van der Waals surface area contributed by atoms with Crippen molar-refractivity contribution in [3.63, 3.8) is 0 Å². The molecule has 0 radical (unpaired) electrons. The number of allylic oxidation sites excluding steroid dienone is 1. The zero-order valence-electron chi connectivity index (χ0n) is 7.53. The molecule has 2 rings (SSSR count). The molecule has 1 heterocycles. The Labute approximate surface area is 77.8 Å². The summed E-state index contributed by atoms with van der Waals surface area (Å²) < 4.78 is 23.0. The standard InChI is InChI=1S/C10H10O2S/c1-7-3-4-10-9(5-7)8(2)6-13(10,11)12/h3-6H,1-2H3. The van der Waals surface area contributed by atoms with Crippen LogP contribution < -0.4 is 0 Å². The van der Waals surface area contributed by atoms with Gasteiger partial charge in [-0.05, 0) is 31.1 Å². The van der Waals surface area contributed by atoms with E-state index in [1.165, 1.54) is 5.41 Å². The van der Waals surface area contributed by atoms with Gasteiger partial charge in [-0.25, -0.2) is 8.42 Å². The Kier molecular flexibility index (Phi) is 1.60. The fourth-order valence-corrected chi connectivity index (χ4v) is 3.06. The fourth-order valence-electron chi connectivity index (χ4n) is 1.56. The van der Waals surface area contributed by atoms with E-state index in [1.54, 1.807) is 6.07 Å². The molecular weight excluding hydrogens is 184 g/mol. The summed E-state index contributed by atoms with van der Waals surface area (Å²) in [5.41, 5.74) is 2.77. The van der Waals surface area contributed by atoms with Gasteiger partial charge in [-0.1, -0.05) is 17.7 Å². The van der Waals surface area contributed by atoms with E-state index in [-0.39, 0.29) is 0 Å². The molecule has 0 N–H and O–H groups in total. The van der Waals surface area contributed by atoms with E-state index in [9.17, 15) is 8.42 Å². The summed E-state index contributed by atoms with van der Waals surface area (Å²) in [5, 5.41) is 1.33. The number of benzene rings is 1. The summed E-state index contributed by atoms with van der Waals surface area (Å²) >= 11 is 0. The highest BCUT2D eigenvalue weighted by atomic mass is 32.2. The van der Waals surface area contributed by atoms with E-state index in [1.807, 2.05) is 26.0 Å². The summed E-state index contributed by atoms with van der Waals surface area (Å²) in [7, 11) is -3.13. The van der Waals surface area contributed by atoms with Crippen LogP contribution in [0.3, 0.4) is 0 Å². The predicted molar refractivity (Wildman–Crippen MR) is 52.0 cm³/mol. The summed E-state index contributed by atoms with van der Waals surface area (Å²) in [5.74, 6) is 0. The molecule has 1 aliphatic rings. The molecule has 0 spiro atoms. The van der Waals surface area contributed by atoms with E-state index >= 15 is 0 Å². The third-order valence-electron chi connectivity index (χ3n) is 2.20. The Morgan fingerprint density at radius 3 is 2.54 bits per heavy atom. The van der Waals surface area contributed by atoms with E-state index < -0.39 is 9.84 Å². The Hall–Kier alpha value is -1.09. The third-order valence-corrected chi connectivity index (χ3v) is 3.83. The number of aryl methyl sites for hydroxylation is 1. The van der Waals surface area contributed by atoms with E-state index in [0.29, 0.717) is 4.90 Å². The van der Waals surface area contributed by atoms with Gasteiger partial charge in [0.05, 0.1) is 4.90 Å². The maximum atomic E-state index is 11.5. The van der Waals surface area contributed by atoms with E-state index in [4.69, 9.17) is 0 Å². The van der Waals surface area contributed by atoms with Crippen molar-refractivity contribution in [3.8, 4) is 0 Å². The lowest BCUT2D eigenvalue weighted by Crippen LogP contribution is -1.93. The molecule has 0 unspecified atom stereocenters. The molecule has 0 bridgehead atoms. The number of fused-ring (bicyclic) bond motifs is 1. The second kappa shape index (κ2) is 2.45. The first-order valence-corrected chi connectivity index (χ1v) is 5.60. The molecular formula is C10H10O2S. The minimum Gasteiger partial charge on any atom is -0.219 e. The number of hydrogen-bond acceptors (Lipinski definition) is 2. The van der Waals surface area contributed by atoms with E-state index in [0.717, 1.165) is 16.7 Å². The lowest BCUT2D eigenvalue weighted by atomic mass is 10.1. The van der Waals surface area contributed by atoms with Crippen LogP contribution in [0.5, 0.6) is 0 Å². The SMILES string of the molecule is CC1=CS(=O)(=O)c2ccc(C)cc21. The molecule has 1 aromatic carbocycles. The average Bonchev–Trinajstić information content (AvgIpc) is 2.22. The minimum absolute atomic E-state index is 0.440. The predicted octanol–water partition coefficient (Wildman–Crippen LogP) is 2.14. The zero-order chi connectivity index (χ0) is 9.64. The van der Waals surface area contributed by atoms with Crippen LogP contribution in [0.4, 0.5) is 0 Å². The Balaban J connectivity index is 2.82. The molecule has 13 heavy (non-hydrogen) atoms. The van der Waals surface area contributed by atoms with Crippen molar-refractivity contribution >= 4 is 15.4 Å². The Morgan fingerprint density at radius 2 is 1.85 bits per heavy atom. The average molecular weight is 194 g/mol. The molecule has 0 aliphatic carbocycles. The largest absolute Gasteiger partial charge is 0.219 e. The minimum atomic E-state index is -3.13. The molecule has 0 atom stereocenters. The number of sulfone groups is 1. The lowest BCUT2D eigenvalue weighted by molar-refractivity contribution is 0.605. The van der Waals surface area contributed by atoms with Crippen molar-refractivity contribution in [1.82, 2.24) is 0 Å². The summed E-state index contributed by atoms with van der Waals surface area (Å²) in [6, 6.07) is 5.40. The third kappa shape index (κ3) is 1.20. The second-order valence-electron chi connectivity index (χ2n) is 3.35. The summed E-state index contributed by atoms with van der Waals surface area (Å²) in [6.45, 7) is 3.78. The highest BCUT2D eigenvalue weighted by molar-refractivity contribution is 7.95. The summed E-state index contributed by atoms with van der Waals surface area (Å²) in [6.07, 6.45) is 0. The lowest BCUT2D eigenvalue weighted by Gasteiger charge is -2.00. The van der Waals surface area contributed by atoms with E-state index in [2.05, 4.69) is 0 Å². The molecule has 68 valence electrons. The Bertz CT molecular complexity index is 496. The van der Waals surface area contributed by atoms with Crippen LogP contribution in [0.15, 0.2) is 28.5 Å². The van der Waals surface area contributed by atoms with Gasteiger partial charge in [-0.2, -0.15) is 0 Å². The van der Waals surface area contributed by atoms with Gasteiger partial charge in [-0.3, -0.25) is 0 Å². The normalized spacial score (nSPS) is 18.2. The topological polar surface area (TPSA) is 34.1 Å². The molecule has 0 aromatic heterocycles. The highest BCUT2D eigenvalue weighted by Gasteiger charge is 2.23. The van der Waals surface area contributed by atoms with Crippen molar-refractivity contribution in [2.45, 2.75) is 18.7 Å². The molecule has 0 saturated carbocycles. The van der Waals surface area contributed by atoms with Crippen LogP contribution in [0.1, 0.15) is 18.1 Å². The first kappa shape index (κ1) is 8.51. The van der Waals surface area contributed by atoms with Crippen LogP contribution in [0, 0.1) is 6.92 Å². The van der Waals surface area contributed by atoms with Crippen molar-refractivity contribution in [1.29, 1.82) is 0 Å². The van der Waals surface area contributed by atoms with Crippen molar-refractivity contribution in [2.24, 2.45) is 0 Å². The van der Waals surface area contributed by atoms with Gasteiger partial charge in [0, 0.05) is 5.41 Å². The molecule has 0 saturated heterocycles.